The topological polar surface area (TPSA) is 37.4 Å². The van der Waals surface area contributed by atoms with Crippen LogP contribution in [0.3, 0.4) is 0 Å². The second-order valence-electron chi connectivity index (χ2n) is 7.59. The zero-order chi connectivity index (χ0) is 19.4. The third kappa shape index (κ3) is 3.50. The predicted octanol–water partition coefficient (Wildman–Crippen LogP) is 4.86. The fourth-order valence-electron chi connectivity index (χ4n) is 4.31. The summed E-state index contributed by atoms with van der Waals surface area (Å²) < 4.78 is 0. The lowest BCUT2D eigenvalue weighted by atomic mass is 9.76. The van der Waals surface area contributed by atoms with E-state index in [4.69, 9.17) is 0 Å². The van der Waals surface area contributed by atoms with Crippen LogP contribution in [0.4, 0.5) is 0 Å². The standard InChI is InChI=1S/C25H25NO2/c27-23(20-11-4-1-5-12-20)22-15-10-16-25(19-22,26-17-8-3-9-18-26)24(28)21-13-6-2-7-14-21/h1-2,4-7,10-16H,3,8-9,17-19H2. The maximum Gasteiger partial charge on any atom is 0.189 e. The molecule has 2 aromatic rings. The molecule has 0 bridgehead atoms. The maximum atomic E-state index is 13.7. The number of allylic oxidation sites excluding steroid dienone is 2. The molecule has 0 radical (unpaired) electrons. The number of hydrogen-bond donors (Lipinski definition) is 0. The third-order valence-electron chi connectivity index (χ3n) is 5.81. The molecule has 142 valence electrons. The Balaban J connectivity index is 1.70. The Morgan fingerprint density at radius 1 is 0.786 bits per heavy atom. The Morgan fingerprint density at radius 3 is 2.04 bits per heavy atom. The largest absolute Gasteiger partial charge is 0.292 e. The zero-order valence-corrected chi connectivity index (χ0v) is 16.0. The molecule has 0 N–H and O–H groups in total. The molecule has 1 fully saturated rings. The van der Waals surface area contributed by atoms with Crippen molar-refractivity contribution in [2.24, 2.45) is 0 Å². The molecule has 0 spiro atoms. The number of carbonyl (C=O) groups is 2. The van der Waals surface area contributed by atoms with Gasteiger partial charge in [0.05, 0.1) is 0 Å². The van der Waals surface area contributed by atoms with E-state index in [9.17, 15) is 9.59 Å². The number of rotatable bonds is 5. The van der Waals surface area contributed by atoms with Gasteiger partial charge in [-0.3, -0.25) is 14.5 Å². The van der Waals surface area contributed by atoms with Gasteiger partial charge in [0.15, 0.2) is 11.6 Å². The van der Waals surface area contributed by atoms with Gasteiger partial charge in [-0.25, -0.2) is 0 Å². The summed E-state index contributed by atoms with van der Waals surface area (Å²) in [7, 11) is 0. The number of piperidine rings is 1. The highest BCUT2D eigenvalue weighted by Crippen LogP contribution is 2.36. The summed E-state index contributed by atoms with van der Waals surface area (Å²) in [5.74, 6) is 0.0879. The van der Waals surface area contributed by atoms with Crippen molar-refractivity contribution in [1.82, 2.24) is 4.90 Å². The molecule has 1 aliphatic heterocycles. The minimum absolute atomic E-state index is 0.00666. The minimum Gasteiger partial charge on any atom is -0.292 e. The molecule has 1 saturated heterocycles. The fourth-order valence-corrected chi connectivity index (χ4v) is 4.31. The van der Waals surface area contributed by atoms with Crippen LogP contribution in [0.1, 0.15) is 46.4 Å². The highest BCUT2D eigenvalue weighted by molar-refractivity contribution is 6.12. The van der Waals surface area contributed by atoms with E-state index in [0.29, 0.717) is 23.1 Å². The van der Waals surface area contributed by atoms with E-state index >= 15 is 0 Å². The van der Waals surface area contributed by atoms with Crippen LogP contribution in [0.25, 0.3) is 0 Å². The molecule has 0 aromatic heterocycles. The highest BCUT2D eigenvalue weighted by Gasteiger charge is 2.44. The zero-order valence-electron chi connectivity index (χ0n) is 16.0. The summed E-state index contributed by atoms with van der Waals surface area (Å²) in [5.41, 5.74) is 1.29. The molecule has 2 aliphatic rings. The van der Waals surface area contributed by atoms with Crippen LogP contribution in [0, 0.1) is 0 Å². The second kappa shape index (κ2) is 8.07. The maximum absolute atomic E-state index is 13.7. The lowest BCUT2D eigenvalue weighted by Crippen LogP contribution is -2.56. The van der Waals surface area contributed by atoms with Gasteiger partial charge in [-0.1, -0.05) is 85.3 Å². The summed E-state index contributed by atoms with van der Waals surface area (Å²) in [6, 6.07) is 18.8. The van der Waals surface area contributed by atoms with Gasteiger partial charge in [-0.15, -0.1) is 0 Å². The van der Waals surface area contributed by atoms with E-state index < -0.39 is 5.54 Å². The Morgan fingerprint density at radius 2 is 1.39 bits per heavy atom. The van der Waals surface area contributed by atoms with Crippen LogP contribution in [-0.4, -0.2) is 35.1 Å². The highest BCUT2D eigenvalue weighted by atomic mass is 16.1. The van der Waals surface area contributed by atoms with Crippen molar-refractivity contribution in [2.75, 3.05) is 13.1 Å². The average molecular weight is 371 g/mol. The van der Waals surface area contributed by atoms with Gasteiger partial charge in [-0.05, 0) is 25.9 Å². The Labute approximate surface area is 166 Å². The van der Waals surface area contributed by atoms with Crippen LogP contribution in [0.5, 0.6) is 0 Å². The molecule has 1 aliphatic carbocycles. The van der Waals surface area contributed by atoms with Gasteiger partial charge < -0.3 is 0 Å². The molecule has 1 unspecified atom stereocenters. The van der Waals surface area contributed by atoms with Crippen molar-refractivity contribution in [3.63, 3.8) is 0 Å². The normalized spacial score (nSPS) is 22.5. The monoisotopic (exact) mass is 371 g/mol. The molecular formula is C25H25NO2. The number of Topliss-reactive ketones (excluding diaryl/α,β-unsaturated/α-hetero) is 2. The van der Waals surface area contributed by atoms with Crippen molar-refractivity contribution < 1.29 is 9.59 Å². The number of carbonyl (C=O) groups excluding carboxylic acids is 2. The number of hydrogen-bond acceptors (Lipinski definition) is 3. The van der Waals surface area contributed by atoms with Crippen molar-refractivity contribution in [3.05, 3.63) is 95.6 Å². The third-order valence-corrected chi connectivity index (χ3v) is 5.81. The number of benzene rings is 2. The summed E-state index contributed by atoms with van der Waals surface area (Å²) in [6.07, 6.45) is 9.57. The van der Waals surface area contributed by atoms with Crippen molar-refractivity contribution in [2.45, 2.75) is 31.2 Å². The molecule has 1 atom stereocenters. The molecular weight excluding hydrogens is 346 g/mol. The molecule has 2 aromatic carbocycles. The first-order valence-electron chi connectivity index (χ1n) is 10.0. The first-order valence-corrected chi connectivity index (χ1v) is 10.0. The van der Waals surface area contributed by atoms with Gasteiger partial charge in [0.25, 0.3) is 0 Å². The van der Waals surface area contributed by atoms with E-state index in [0.717, 1.165) is 25.9 Å². The van der Waals surface area contributed by atoms with Gasteiger partial charge in [0, 0.05) is 23.1 Å². The predicted molar refractivity (Wildman–Crippen MR) is 112 cm³/mol. The van der Waals surface area contributed by atoms with E-state index in [-0.39, 0.29) is 11.6 Å². The van der Waals surface area contributed by atoms with Gasteiger partial charge in [0.2, 0.25) is 0 Å². The lowest BCUT2D eigenvalue weighted by molar-refractivity contribution is 0.0602. The van der Waals surface area contributed by atoms with Crippen molar-refractivity contribution >= 4 is 11.6 Å². The first-order chi connectivity index (χ1) is 13.7. The molecule has 28 heavy (non-hydrogen) atoms. The summed E-state index contributed by atoms with van der Waals surface area (Å²) in [5, 5.41) is 0. The molecule has 0 saturated carbocycles. The summed E-state index contributed by atoms with van der Waals surface area (Å²) >= 11 is 0. The Hall–Kier alpha value is -2.78. The fraction of sp³-hybridized carbons (Fsp3) is 0.280. The lowest BCUT2D eigenvalue weighted by Gasteiger charge is -2.44. The molecule has 3 heteroatoms. The van der Waals surface area contributed by atoms with Crippen LogP contribution in [0.2, 0.25) is 0 Å². The Bertz CT molecular complexity index is 908. The quantitative estimate of drug-likeness (QED) is 0.704. The molecule has 1 heterocycles. The smallest absolute Gasteiger partial charge is 0.189 e. The van der Waals surface area contributed by atoms with Gasteiger partial charge in [0.1, 0.15) is 5.54 Å². The molecule has 3 nitrogen and oxygen atoms in total. The van der Waals surface area contributed by atoms with Crippen LogP contribution in [-0.2, 0) is 0 Å². The Kier molecular flexibility index (Phi) is 5.36. The van der Waals surface area contributed by atoms with Gasteiger partial charge >= 0.3 is 0 Å². The van der Waals surface area contributed by atoms with E-state index in [2.05, 4.69) is 4.90 Å². The first kappa shape index (κ1) is 18.6. The summed E-state index contributed by atoms with van der Waals surface area (Å²) in [4.78, 5) is 29.1. The van der Waals surface area contributed by atoms with Gasteiger partial charge in [-0.2, -0.15) is 0 Å². The van der Waals surface area contributed by atoms with Crippen LogP contribution >= 0.6 is 0 Å². The second-order valence-corrected chi connectivity index (χ2v) is 7.59. The van der Waals surface area contributed by atoms with Crippen molar-refractivity contribution in [1.29, 1.82) is 0 Å². The van der Waals surface area contributed by atoms with Crippen molar-refractivity contribution in [3.8, 4) is 0 Å². The number of likely N-dealkylation sites (tertiary alicyclic amines) is 1. The SMILES string of the molecule is O=C(C1=CC=CC(C(=O)c2ccccc2)(N2CCCCC2)C1)c1ccccc1. The van der Waals surface area contributed by atoms with E-state index in [1.54, 1.807) is 0 Å². The van der Waals surface area contributed by atoms with Crippen LogP contribution in [0.15, 0.2) is 84.5 Å². The summed E-state index contributed by atoms with van der Waals surface area (Å²) in [6.45, 7) is 1.77. The molecule has 0 amide bonds. The average Bonchev–Trinajstić information content (AvgIpc) is 2.80. The number of nitrogens with zero attached hydrogens (tertiary/aromatic N) is 1. The molecule has 4 rings (SSSR count). The van der Waals surface area contributed by atoms with Crippen LogP contribution < -0.4 is 0 Å². The van der Waals surface area contributed by atoms with E-state index in [1.165, 1.54) is 6.42 Å². The number of ketones is 2. The minimum atomic E-state index is -0.781. The van der Waals surface area contributed by atoms with E-state index in [1.807, 2.05) is 78.9 Å².